The minimum Gasteiger partial charge on any atom is -0.450 e. The third-order valence-electron chi connectivity index (χ3n) is 2.74. The summed E-state index contributed by atoms with van der Waals surface area (Å²) in [5, 5.41) is 12.1. The molecule has 0 radical (unpaired) electrons. The summed E-state index contributed by atoms with van der Waals surface area (Å²) in [6.45, 7) is 1.79. The van der Waals surface area contributed by atoms with Gasteiger partial charge >= 0.3 is 5.69 Å². The Bertz CT molecular complexity index is 661. The Hall–Kier alpha value is -1.59. The number of nitrogens with zero attached hydrogens (tertiary/aromatic N) is 1. The molecule has 2 rings (SSSR count). The summed E-state index contributed by atoms with van der Waals surface area (Å²) in [6, 6.07) is 10.0. The summed E-state index contributed by atoms with van der Waals surface area (Å²) in [5.41, 5.74) is 1.49. The Morgan fingerprint density at radius 3 is 2.70 bits per heavy atom. The fourth-order valence-electron chi connectivity index (χ4n) is 1.74. The van der Waals surface area contributed by atoms with Crippen LogP contribution >= 0.6 is 27.5 Å². The lowest BCUT2D eigenvalue weighted by Gasteiger charge is -2.11. The molecule has 0 saturated heterocycles. The van der Waals surface area contributed by atoms with Crippen LogP contribution in [-0.2, 0) is 5.33 Å². The van der Waals surface area contributed by atoms with Gasteiger partial charge in [-0.3, -0.25) is 10.1 Å². The van der Waals surface area contributed by atoms with Gasteiger partial charge in [0.1, 0.15) is 5.75 Å². The molecule has 6 heteroatoms. The molecule has 2 aromatic rings. The van der Waals surface area contributed by atoms with E-state index in [0.29, 0.717) is 16.1 Å². The molecule has 4 nitrogen and oxygen atoms in total. The first-order valence-electron chi connectivity index (χ1n) is 5.79. The van der Waals surface area contributed by atoms with Gasteiger partial charge in [-0.2, -0.15) is 0 Å². The Balaban J connectivity index is 2.45. The van der Waals surface area contributed by atoms with Crippen molar-refractivity contribution in [1.82, 2.24) is 0 Å². The van der Waals surface area contributed by atoms with Gasteiger partial charge in [-0.25, -0.2) is 0 Å². The van der Waals surface area contributed by atoms with E-state index in [1.807, 2.05) is 0 Å². The standard InChI is InChI=1S/C14H11BrClNO3/c1-9-5-6-14(12(7-9)17(18)19)20-13-4-2-3-11(16)10(13)8-15/h2-7H,8H2,1H3. The van der Waals surface area contributed by atoms with Gasteiger partial charge in [0, 0.05) is 22.0 Å². The van der Waals surface area contributed by atoms with Crippen LogP contribution in [0.1, 0.15) is 11.1 Å². The van der Waals surface area contributed by atoms with E-state index in [4.69, 9.17) is 16.3 Å². The van der Waals surface area contributed by atoms with Crippen molar-refractivity contribution >= 4 is 33.2 Å². The molecular formula is C14H11BrClNO3. The number of halogens is 2. The summed E-state index contributed by atoms with van der Waals surface area (Å²) < 4.78 is 5.67. The highest BCUT2D eigenvalue weighted by atomic mass is 79.9. The summed E-state index contributed by atoms with van der Waals surface area (Å²) in [4.78, 5) is 10.6. The summed E-state index contributed by atoms with van der Waals surface area (Å²) in [7, 11) is 0. The molecule has 0 spiro atoms. The molecule has 0 atom stereocenters. The topological polar surface area (TPSA) is 52.4 Å². The SMILES string of the molecule is Cc1ccc(Oc2cccc(Cl)c2CBr)c([N+](=O)[O-])c1. The average Bonchev–Trinajstić information content (AvgIpc) is 2.41. The van der Waals surface area contributed by atoms with Crippen LogP contribution in [0.4, 0.5) is 5.69 Å². The van der Waals surface area contributed by atoms with Gasteiger partial charge < -0.3 is 4.74 Å². The smallest absolute Gasteiger partial charge is 0.311 e. The zero-order valence-corrected chi connectivity index (χ0v) is 12.9. The second-order valence-corrected chi connectivity index (χ2v) is 5.15. The maximum atomic E-state index is 11.1. The Kier molecular flexibility index (Phi) is 4.62. The number of hydrogen-bond acceptors (Lipinski definition) is 3. The van der Waals surface area contributed by atoms with E-state index in [9.17, 15) is 10.1 Å². The summed E-state index contributed by atoms with van der Waals surface area (Å²) in [5.74, 6) is 0.700. The lowest BCUT2D eigenvalue weighted by molar-refractivity contribution is -0.385. The number of alkyl halides is 1. The number of benzene rings is 2. The van der Waals surface area contributed by atoms with Gasteiger partial charge in [0.05, 0.1) is 4.92 Å². The molecule has 0 N–H and O–H groups in total. The van der Waals surface area contributed by atoms with Crippen LogP contribution in [0.2, 0.25) is 5.02 Å². The van der Waals surface area contributed by atoms with Crippen LogP contribution in [0.3, 0.4) is 0 Å². The van der Waals surface area contributed by atoms with Crippen molar-refractivity contribution in [3.05, 3.63) is 62.7 Å². The van der Waals surface area contributed by atoms with Gasteiger partial charge in [0.2, 0.25) is 5.75 Å². The predicted molar refractivity (Wildman–Crippen MR) is 82.0 cm³/mol. The van der Waals surface area contributed by atoms with Crippen LogP contribution < -0.4 is 4.74 Å². The highest BCUT2D eigenvalue weighted by molar-refractivity contribution is 9.08. The molecule has 0 bridgehead atoms. The fourth-order valence-corrected chi connectivity index (χ4v) is 2.71. The van der Waals surface area contributed by atoms with Gasteiger partial charge in [-0.15, -0.1) is 0 Å². The molecule has 0 aliphatic rings. The largest absolute Gasteiger partial charge is 0.450 e. The molecule has 0 aliphatic carbocycles. The molecule has 0 amide bonds. The molecule has 0 aliphatic heterocycles. The summed E-state index contributed by atoms with van der Waals surface area (Å²) >= 11 is 9.41. The number of aryl methyl sites for hydroxylation is 1. The van der Waals surface area contributed by atoms with Crippen molar-refractivity contribution in [2.24, 2.45) is 0 Å². The van der Waals surface area contributed by atoms with Crippen LogP contribution in [-0.4, -0.2) is 4.92 Å². The number of nitro groups is 1. The molecule has 0 aromatic heterocycles. The quantitative estimate of drug-likeness (QED) is 0.427. The van der Waals surface area contributed by atoms with E-state index in [0.717, 1.165) is 11.1 Å². The Labute approximate surface area is 129 Å². The highest BCUT2D eigenvalue weighted by Gasteiger charge is 2.17. The van der Waals surface area contributed by atoms with E-state index in [1.165, 1.54) is 6.07 Å². The van der Waals surface area contributed by atoms with E-state index < -0.39 is 4.92 Å². The number of ether oxygens (including phenoxy) is 1. The Morgan fingerprint density at radius 2 is 2.05 bits per heavy atom. The van der Waals surface area contributed by atoms with Gasteiger partial charge in [-0.05, 0) is 30.7 Å². The van der Waals surface area contributed by atoms with Crippen LogP contribution in [0.5, 0.6) is 11.5 Å². The molecule has 104 valence electrons. The number of nitro benzene ring substituents is 1. The maximum Gasteiger partial charge on any atom is 0.311 e. The minimum absolute atomic E-state index is 0.0644. The molecule has 20 heavy (non-hydrogen) atoms. The van der Waals surface area contributed by atoms with Crippen molar-refractivity contribution < 1.29 is 9.66 Å². The van der Waals surface area contributed by atoms with Crippen LogP contribution in [0.15, 0.2) is 36.4 Å². The van der Waals surface area contributed by atoms with Gasteiger partial charge in [-0.1, -0.05) is 39.7 Å². The van der Waals surface area contributed by atoms with E-state index >= 15 is 0 Å². The van der Waals surface area contributed by atoms with E-state index in [2.05, 4.69) is 15.9 Å². The third kappa shape index (κ3) is 3.11. The van der Waals surface area contributed by atoms with Gasteiger partial charge in [0.15, 0.2) is 0 Å². The van der Waals surface area contributed by atoms with E-state index in [-0.39, 0.29) is 11.4 Å². The van der Waals surface area contributed by atoms with Crippen molar-refractivity contribution in [2.75, 3.05) is 0 Å². The fraction of sp³-hybridized carbons (Fsp3) is 0.143. The first kappa shape index (κ1) is 14.8. The predicted octanol–water partition coefficient (Wildman–Crippen LogP) is 5.24. The van der Waals surface area contributed by atoms with Crippen LogP contribution in [0.25, 0.3) is 0 Å². The molecule has 0 saturated carbocycles. The zero-order valence-electron chi connectivity index (χ0n) is 10.6. The molecular weight excluding hydrogens is 346 g/mol. The van der Waals surface area contributed by atoms with Crippen molar-refractivity contribution in [3.63, 3.8) is 0 Å². The molecule has 0 unspecified atom stereocenters. The van der Waals surface area contributed by atoms with Gasteiger partial charge in [0.25, 0.3) is 0 Å². The zero-order chi connectivity index (χ0) is 14.7. The second-order valence-electron chi connectivity index (χ2n) is 4.18. The molecule has 0 heterocycles. The molecule has 2 aromatic carbocycles. The normalized spacial score (nSPS) is 10.3. The maximum absolute atomic E-state index is 11.1. The molecule has 0 fully saturated rings. The first-order valence-corrected chi connectivity index (χ1v) is 7.29. The van der Waals surface area contributed by atoms with Crippen molar-refractivity contribution in [3.8, 4) is 11.5 Å². The monoisotopic (exact) mass is 355 g/mol. The van der Waals surface area contributed by atoms with Crippen LogP contribution in [0, 0.1) is 17.0 Å². The lowest BCUT2D eigenvalue weighted by atomic mass is 10.2. The number of hydrogen-bond donors (Lipinski definition) is 0. The third-order valence-corrected chi connectivity index (χ3v) is 3.66. The summed E-state index contributed by atoms with van der Waals surface area (Å²) in [6.07, 6.45) is 0. The first-order chi connectivity index (χ1) is 9.52. The highest BCUT2D eigenvalue weighted by Crippen LogP contribution is 2.36. The van der Waals surface area contributed by atoms with Crippen molar-refractivity contribution in [1.29, 1.82) is 0 Å². The second kappa shape index (κ2) is 6.24. The minimum atomic E-state index is -0.458. The van der Waals surface area contributed by atoms with Crippen molar-refractivity contribution in [2.45, 2.75) is 12.3 Å². The number of rotatable bonds is 4. The Morgan fingerprint density at radius 1 is 1.30 bits per heavy atom. The van der Waals surface area contributed by atoms with E-state index in [1.54, 1.807) is 37.3 Å². The lowest BCUT2D eigenvalue weighted by Crippen LogP contribution is -1.96. The average molecular weight is 357 g/mol.